The van der Waals surface area contributed by atoms with Gasteiger partial charge in [0, 0.05) is 18.0 Å². The quantitative estimate of drug-likeness (QED) is 0.679. The molecule has 0 amide bonds. The molecule has 0 saturated carbocycles. The molecule has 19 heavy (non-hydrogen) atoms. The lowest BCUT2D eigenvalue weighted by molar-refractivity contribution is 1.21. The van der Waals surface area contributed by atoms with Gasteiger partial charge in [0.2, 0.25) is 0 Å². The fourth-order valence-electron chi connectivity index (χ4n) is 2.13. The molecule has 0 fully saturated rings. The Labute approximate surface area is 112 Å². The minimum atomic E-state index is 0.916. The van der Waals surface area contributed by atoms with Crippen LogP contribution in [0.1, 0.15) is 5.56 Å². The van der Waals surface area contributed by atoms with Gasteiger partial charge >= 0.3 is 0 Å². The lowest BCUT2D eigenvalue weighted by Crippen LogP contribution is -1.91. The largest absolute Gasteiger partial charge is 0.255 e. The predicted octanol–water partition coefficient (Wildman–Crippen LogP) is 4.12. The monoisotopic (exact) mass is 246 g/mol. The van der Waals surface area contributed by atoms with E-state index in [1.54, 1.807) is 6.20 Å². The zero-order valence-corrected chi connectivity index (χ0v) is 10.7. The molecular weight excluding hydrogens is 232 g/mol. The highest BCUT2D eigenvalue weighted by Crippen LogP contribution is 2.24. The van der Waals surface area contributed by atoms with Crippen LogP contribution >= 0.6 is 0 Å². The zero-order valence-electron chi connectivity index (χ0n) is 10.7. The third-order valence-corrected chi connectivity index (χ3v) is 3.09. The van der Waals surface area contributed by atoms with E-state index in [0.717, 1.165) is 22.5 Å². The van der Waals surface area contributed by atoms with Crippen LogP contribution in [0, 0.1) is 6.92 Å². The van der Waals surface area contributed by atoms with Crippen molar-refractivity contribution in [1.82, 2.24) is 9.97 Å². The molecule has 0 bridgehead atoms. The van der Waals surface area contributed by atoms with Crippen LogP contribution in [0.3, 0.4) is 0 Å². The zero-order chi connectivity index (χ0) is 13.1. The van der Waals surface area contributed by atoms with E-state index in [1.807, 2.05) is 42.6 Å². The maximum Gasteiger partial charge on any atom is 0.0915 e. The molecule has 1 aromatic carbocycles. The lowest BCUT2D eigenvalue weighted by atomic mass is 10.0. The maximum absolute atomic E-state index is 4.56. The first-order chi connectivity index (χ1) is 9.34. The Balaban J connectivity index is 2.04. The Morgan fingerprint density at radius 2 is 1.58 bits per heavy atom. The van der Waals surface area contributed by atoms with Gasteiger partial charge in [0.1, 0.15) is 0 Å². The van der Waals surface area contributed by atoms with Gasteiger partial charge in [0.15, 0.2) is 0 Å². The van der Waals surface area contributed by atoms with Gasteiger partial charge in [-0.25, -0.2) is 0 Å². The first kappa shape index (κ1) is 11.6. The van der Waals surface area contributed by atoms with Crippen LogP contribution in [-0.2, 0) is 0 Å². The minimum Gasteiger partial charge on any atom is -0.255 e. The van der Waals surface area contributed by atoms with E-state index in [1.165, 1.54) is 5.56 Å². The number of aromatic nitrogens is 2. The van der Waals surface area contributed by atoms with Crippen LogP contribution in [-0.4, -0.2) is 9.97 Å². The van der Waals surface area contributed by atoms with Crippen molar-refractivity contribution in [3.05, 3.63) is 72.6 Å². The van der Waals surface area contributed by atoms with Crippen molar-refractivity contribution in [3.63, 3.8) is 0 Å². The van der Waals surface area contributed by atoms with Gasteiger partial charge in [0.05, 0.1) is 11.4 Å². The summed E-state index contributed by atoms with van der Waals surface area (Å²) in [5, 5.41) is 0. The highest BCUT2D eigenvalue weighted by Gasteiger charge is 2.06. The Kier molecular flexibility index (Phi) is 3.07. The van der Waals surface area contributed by atoms with Gasteiger partial charge in [-0.3, -0.25) is 9.97 Å². The van der Waals surface area contributed by atoms with Crippen molar-refractivity contribution in [3.8, 4) is 22.5 Å². The lowest BCUT2D eigenvalue weighted by Gasteiger charge is -2.07. The topological polar surface area (TPSA) is 25.8 Å². The summed E-state index contributed by atoms with van der Waals surface area (Å²) in [5.41, 5.74) is 5.32. The fraction of sp³-hybridized carbons (Fsp3) is 0.0588. The molecule has 0 N–H and O–H groups in total. The van der Waals surface area contributed by atoms with Crippen LogP contribution < -0.4 is 0 Å². The number of hydrogen-bond acceptors (Lipinski definition) is 2. The number of hydrogen-bond donors (Lipinski definition) is 0. The summed E-state index contributed by atoms with van der Waals surface area (Å²) >= 11 is 0. The summed E-state index contributed by atoms with van der Waals surface area (Å²) in [6.07, 6.45) is 3.70. The molecule has 2 nitrogen and oxygen atoms in total. The van der Waals surface area contributed by atoms with E-state index < -0.39 is 0 Å². The van der Waals surface area contributed by atoms with Crippen LogP contribution in [0.4, 0.5) is 0 Å². The van der Waals surface area contributed by atoms with Crippen molar-refractivity contribution in [2.75, 3.05) is 0 Å². The highest BCUT2D eigenvalue weighted by molar-refractivity contribution is 5.68. The second-order valence-electron chi connectivity index (χ2n) is 4.47. The second kappa shape index (κ2) is 5.02. The minimum absolute atomic E-state index is 0.916. The van der Waals surface area contributed by atoms with Gasteiger partial charge in [-0.15, -0.1) is 0 Å². The molecule has 2 heteroatoms. The number of pyridine rings is 2. The molecule has 0 radical (unpaired) electrons. The molecule has 0 atom stereocenters. The molecule has 2 heterocycles. The average Bonchev–Trinajstić information content (AvgIpc) is 2.49. The van der Waals surface area contributed by atoms with Crippen LogP contribution in [0.25, 0.3) is 22.5 Å². The molecule has 0 aliphatic carbocycles. The SMILES string of the molecule is Cc1cc(-c2ccccc2)cnc1-c1ccccn1. The molecule has 3 rings (SSSR count). The second-order valence-corrected chi connectivity index (χ2v) is 4.47. The molecule has 0 unspecified atom stereocenters. The first-order valence-electron chi connectivity index (χ1n) is 6.28. The van der Waals surface area contributed by atoms with E-state index in [2.05, 4.69) is 35.1 Å². The van der Waals surface area contributed by atoms with E-state index in [-0.39, 0.29) is 0 Å². The molecule has 0 aliphatic rings. The van der Waals surface area contributed by atoms with Crippen molar-refractivity contribution in [2.24, 2.45) is 0 Å². The van der Waals surface area contributed by atoms with E-state index >= 15 is 0 Å². The van der Waals surface area contributed by atoms with Gasteiger partial charge in [-0.05, 0) is 36.2 Å². The third-order valence-electron chi connectivity index (χ3n) is 3.09. The maximum atomic E-state index is 4.56. The molecule has 92 valence electrons. The summed E-state index contributed by atoms with van der Waals surface area (Å²) in [4.78, 5) is 8.91. The molecule has 3 aromatic rings. The van der Waals surface area contributed by atoms with Crippen LogP contribution in [0.5, 0.6) is 0 Å². The van der Waals surface area contributed by atoms with Crippen molar-refractivity contribution < 1.29 is 0 Å². The standard InChI is InChI=1S/C17H14N2/c1-13-11-15(14-7-3-2-4-8-14)12-19-17(13)16-9-5-6-10-18-16/h2-12H,1H3. The van der Waals surface area contributed by atoms with Crippen molar-refractivity contribution in [2.45, 2.75) is 6.92 Å². The highest BCUT2D eigenvalue weighted by atomic mass is 14.8. The summed E-state index contributed by atoms with van der Waals surface area (Å²) in [7, 11) is 0. The van der Waals surface area contributed by atoms with Gasteiger partial charge in [0.25, 0.3) is 0 Å². The predicted molar refractivity (Wildman–Crippen MR) is 77.6 cm³/mol. The molecule has 2 aromatic heterocycles. The Morgan fingerprint density at radius 3 is 2.26 bits per heavy atom. The third kappa shape index (κ3) is 2.38. The van der Waals surface area contributed by atoms with Crippen LogP contribution in [0.2, 0.25) is 0 Å². The molecule has 0 spiro atoms. The first-order valence-corrected chi connectivity index (χ1v) is 6.28. The Morgan fingerprint density at radius 1 is 0.789 bits per heavy atom. The number of aryl methyl sites for hydroxylation is 1. The summed E-state index contributed by atoms with van der Waals surface area (Å²) in [6, 6.07) is 18.3. The molecule has 0 aliphatic heterocycles. The number of rotatable bonds is 2. The van der Waals surface area contributed by atoms with E-state index in [4.69, 9.17) is 0 Å². The van der Waals surface area contributed by atoms with Crippen molar-refractivity contribution >= 4 is 0 Å². The molecule has 0 saturated heterocycles. The smallest absolute Gasteiger partial charge is 0.0915 e. The summed E-state index contributed by atoms with van der Waals surface area (Å²) < 4.78 is 0. The average molecular weight is 246 g/mol. The normalized spacial score (nSPS) is 10.4. The van der Waals surface area contributed by atoms with Gasteiger partial charge < -0.3 is 0 Å². The number of nitrogens with zero attached hydrogens (tertiary/aromatic N) is 2. The van der Waals surface area contributed by atoms with Crippen molar-refractivity contribution in [1.29, 1.82) is 0 Å². The van der Waals surface area contributed by atoms with Crippen LogP contribution in [0.15, 0.2) is 67.0 Å². The Bertz CT molecular complexity index is 676. The van der Waals surface area contributed by atoms with Gasteiger partial charge in [-0.1, -0.05) is 36.4 Å². The summed E-state index contributed by atoms with van der Waals surface area (Å²) in [6.45, 7) is 2.07. The van der Waals surface area contributed by atoms with Gasteiger partial charge in [-0.2, -0.15) is 0 Å². The van der Waals surface area contributed by atoms with E-state index in [9.17, 15) is 0 Å². The fourth-order valence-corrected chi connectivity index (χ4v) is 2.13. The van der Waals surface area contributed by atoms with E-state index in [0.29, 0.717) is 0 Å². The molecular formula is C17H14N2. The summed E-state index contributed by atoms with van der Waals surface area (Å²) in [5.74, 6) is 0. The number of benzene rings is 1. The Hall–Kier alpha value is -2.48.